The van der Waals surface area contributed by atoms with Gasteiger partial charge in [-0.05, 0) is 26.0 Å². The Kier molecular flexibility index (Phi) is 4.47. The van der Waals surface area contributed by atoms with Crippen molar-refractivity contribution in [3.05, 3.63) is 42.0 Å². The third-order valence-electron chi connectivity index (χ3n) is 4.10. The van der Waals surface area contributed by atoms with E-state index in [0.29, 0.717) is 42.8 Å². The van der Waals surface area contributed by atoms with E-state index in [0.717, 1.165) is 0 Å². The highest BCUT2D eigenvalue weighted by molar-refractivity contribution is 7.89. The molecule has 3 rings (SSSR count). The molecule has 1 atom stereocenters. The Labute approximate surface area is 136 Å². The largest absolute Gasteiger partial charge is 0.338 e. The van der Waals surface area contributed by atoms with Gasteiger partial charge in [0.15, 0.2) is 5.82 Å². The summed E-state index contributed by atoms with van der Waals surface area (Å²) in [6, 6.07) is 8.53. The van der Waals surface area contributed by atoms with E-state index in [-0.39, 0.29) is 6.04 Å². The standard InChI is InChI=1S/C15H20N4O3S/c1-12(15-16-13(2)17-22-15)18-8-10-19(11-9-18)23(20,21)14-6-4-3-5-7-14/h3-7,12H,8-11H2,1-2H3/t12-/m1/s1. The van der Waals surface area contributed by atoms with Gasteiger partial charge in [-0.1, -0.05) is 23.4 Å². The van der Waals surface area contributed by atoms with Crippen LogP contribution < -0.4 is 0 Å². The van der Waals surface area contributed by atoms with Crippen molar-refractivity contribution < 1.29 is 12.9 Å². The minimum Gasteiger partial charge on any atom is -0.338 e. The summed E-state index contributed by atoms with van der Waals surface area (Å²) in [7, 11) is -3.42. The monoisotopic (exact) mass is 336 g/mol. The van der Waals surface area contributed by atoms with Gasteiger partial charge in [0.25, 0.3) is 0 Å². The summed E-state index contributed by atoms with van der Waals surface area (Å²) in [5, 5.41) is 3.81. The number of hydrogen-bond acceptors (Lipinski definition) is 6. The Morgan fingerprint density at radius 2 is 1.78 bits per heavy atom. The van der Waals surface area contributed by atoms with Gasteiger partial charge in [0.2, 0.25) is 15.9 Å². The van der Waals surface area contributed by atoms with Crippen LogP contribution in [0.15, 0.2) is 39.8 Å². The van der Waals surface area contributed by atoms with Crippen LogP contribution in [0.2, 0.25) is 0 Å². The lowest BCUT2D eigenvalue weighted by molar-refractivity contribution is 0.124. The summed E-state index contributed by atoms with van der Waals surface area (Å²) in [6.07, 6.45) is 0. The van der Waals surface area contributed by atoms with E-state index in [4.69, 9.17) is 4.52 Å². The normalized spacial score (nSPS) is 18.9. The number of sulfonamides is 1. The predicted molar refractivity (Wildman–Crippen MR) is 84.2 cm³/mol. The minimum absolute atomic E-state index is 0.0159. The summed E-state index contributed by atoms with van der Waals surface area (Å²) in [4.78, 5) is 6.75. The predicted octanol–water partition coefficient (Wildman–Crippen LogP) is 1.45. The highest BCUT2D eigenvalue weighted by Crippen LogP contribution is 2.23. The fourth-order valence-corrected chi connectivity index (χ4v) is 4.15. The van der Waals surface area contributed by atoms with Crippen LogP contribution in [0.4, 0.5) is 0 Å². The molecule has 0 aliphatic carbocycles. The first-order chi connectivity index (χ1) is 11.0. The first-order valence-electron chi connectivity index (χ1n) is 7.58. The molecule has 0 N–H and O–H groups in total. The molecule has 1 saturated heterocycles. The highest BCUT2D eigenvalue weighted by atomic mass is 32.2. The van der Waals surface area contributed by atoms with Crippen molar-refractivity contribution >= 4 is 10.0 Å². The summed E-state index contributed by atoms with van der Waals surface area (Å²) in [5.41, 5.74) is 0. The first-order valence-corrected chi connectivity index (χ1v) is 9.02. The topological polar surface area (TPSA) is 79.5 Å². The lowest BCUT2D eigenvalue weighted by Crippen LogP contribution is -2.49. The Bertz CT molecular complexity index is 752. The van der Waals surface area contributed by atoms with Gasteiger partial charge in [0.05, 0.1) is 10.9 Å². The number of benzene rings is 1. The molecule has 1 aliphatic heterocycles. The number of aromatic nitrogens is 2. The van der Waals surface area contributed by atoms with Gasteiger partial charge in [-0.2, -0.15) is 9.29 Å². The van der Waals surface area contributed by atoms with E-state index < -0.39 is 10.0 Å². The molecule has 1 aromatic carbocycles. The zero-order valence-corrected chi connectivity index (χ0v) is 14.0. The van der Waals surface area contributed by atoms with E-state index in [1.807, 2.05) is 13.0 Å². The molecule has 2 heterocycles. The fourth-order valence-electron chi connectivity index (χ4n) is 2.71. The zero-order valence-electron chi connectivity index (χ0n) is 13.2. The van der Waals surface area contributed by atoms with Crippen molar-refractivity contribution in [2.75, 3.05) is 26.2 Å². The second-order valence-electron chi connectivity index (χ2n) is 5.61. The smallest absolute Gasteiger partial charge is 0.243 e. The number of aryl methyl sites for hydroxylation is 1. The molecule has 2 aromatic rings. The summed E-state index contributed by atoms with van der Waals surface area (Å²) in [6.45, 7) is 5.95. The van der Waals surface area contributed by atoms with Crippen LogP contribution in [-0.4, -0.2) is 53.9 Å². The van der Waals surface area contributed by atoms with E-state index in [1.54, 1.807) is 31.2 Å². The van der Waals surface area contributed by atoms with Gasteiger partial charge in [0.1, 0.15) is 0 Å². The van der Waals surface area contributed by atoms with Crippen LogP contribution in [-0.2, 0) is 10.0 Å². The van der Waals surface area contributed by atoms with Crippen molar-refractivity contribution in [1.82, 2.24) is 19.3 Å². The van der Waals surface area contributed by atoms with Gasteiger partial charge < -0.3 is 4.52 Å². The minimum atomic E-state index is -3.42. The summed E-state index contributed by atoms with van der Waals surface area (Å²) in [5.74, 6) is 1.18. The maximum absolute atomic E-state index is 12.6. The van der Waals surface area contributed by atoms with Gasteiger partial charge in [0, 0.05) is 26.2 Å². The maximum Gasteiger partial charge on any atom is 0.243 e. The highest BCUT2D eigenvalue weighted by Gasteiger charge is 2.31. The fraction of sp³-hybridized carbons (Fsp3) is 0.467. The molecule has 1 aliphatic rings. The average molecular weight is 336 g/mol. The van der Waals surface area contributed by atoms with Crippen molar-refractivity contribution in [3.63, 3.8) is 0 Å². The third kappa shape index (κ3) is 3.29. The molecule has 0 radical (unpaired) electrons. The molecular weight excluding hydrogens is 316 g/mol. The quantitative estimate of drug-likeness (QED) is 0.841. The van der Waals surface area contributed by atoms with Crippen molar-refractivity contribution in [1.29, 1.82) is 0 Å². The van der Waals surface area contributed by atoms with Crippen LogP contribution in [0.25, 0.3) is 0 Å². The van der Waals surface area contributed by atoms with Crippen LogP contribution >= 0.6 is 0 Å². The molecule has 0 unspecified atom stereocenters. The molecule has 0 saturated carbocycles. The maximum atomic E-state index is 12.6. The Morgan fingerprint density at radius 3 is 2.35 bits per heavy atom. The molecule has 8 heteroatoms. The Balaban J connectivity index is 1.67. The average Bonchev–Trinajstić information content (AvgIpc) is 3.01. The van der Waals surface area contributed by atoms with E-state index in [9.17, 15) is 8.42 Å². The van der Waals surface area contributed by atoms with E-state index in [1.165, 1.54) is 4.31 Å². The molecule has 0 spiro atoms. The lowest BCUT2D eigenvalue weighted by Gasteiger charge is -2.36. The molecule has 0 bridgehead atoms. The van der Waals surface area contributed by atoms with Gasteiger partial charge >= 0.3 is 0 Å². The number of nitrogens with zero attached hydrogens (tertiary/aromatic N) is 4. The number of rotatable bonds is 4. The number of piperazine rings is 1. The second kappa shape index (κ2) is 6.38. The molecular formula is C15H20N4O3S. The summed E-state index contributed by atoms with van der Waals surface area (Å²) >= 11 is 0. The zero-order chi connectivity index (χ0) is 16.4. The van der Waals surface area contributed by atoms with Crippen LogP contribution in [0, 0.1) is 6.92 Å². The Hall–Kier alpha value is -1.77. The molecule has 0 amide bonds. The third-order valence-corrected chi connectivity index (χ3v) is 6.02. The van der Waals surface area contributed by atoms with Crippen LogP contribution in [0.3, 0.4) is 0 Å². The van der Waals surface area contributed by atoms with Gasteiger partial charge in [-0.25, -0.2) is 8.42 Å². The first kappa shape index (κ1) is 16.1. The second-order valence-corrected chi connectivity index (χ2v) is 7.55. The van der Waals surface area contributed by atoms with Crippen molar-refractivity contribution in [3.8, 4) is 0 Å². The van der Waals surface area contributed by atoms with Crippen LogP contribution in [0.5, 0.6) is 0 Å². The summed E-state index contributed by atoms with van der Waals surface area (Å²) < 4.78 is 31.9. The molecule has 1 aromatic heterocycles. The molecule has 7 nitrogen and oxygen atoms in total. The van der Waals surface area contributed by atoms with Crippen LogP contribution in [0.1, 0.15) is 24.7 Å². The molecule has 1 fully saturated rings. The molecule has 124 valence electrons. The van der Waals surface area contributed by atoms with Crippen molar-refractivity contribution in [2.45, 2.75) is 24.8 Å². The SMILES string of the molecule is Cc1noc([C@@H](C)N2CCN(S(=O)(=O)c3ccccc3)CC2)n1. The molecule has 23 heavy (non-hydrogen) atoms. The van der Waals surface area contributed by atoms with Crippen molar-refractivity contribution in [2.24, 2.45) is 0 Å². The van der Waals surface area contributed by atoms with Gasteiger partial charge in [-0.3, -0.25) is 4.90 Å². The van der Waals surface area contributed by atoms with E-state index in [2.05, 4.69) is 15.0 Å². The lowest BCUT2D eigenvalue weighted by atomic mass is 10.2. The Morgan fingerprint density at radius 1 is 1.13 bits per heavy atom. The number of hydrogen-bond donors (Lipinski definition) is 0. The van der Waals surface area contributed by atoms with E-state index >= 15 is 0 Å². The van der Waals surface area contributed by atoms with Gasteiger partial charge in [-0.15, -0.1) is 0 Å².